The zero-order valence-electron chi connectivity index (χ0n) is 19.2. The summed E-state index contributed by atoms with van der Waals surface area (Å²) >= 11 is 6.03. The molecule has 2 N–H and O–H groups in total. The second-order valence-corrected chi connectivity index (χ2v) is 8.56. The molecule has 0 spiro atoms. The van der Waals surface area contributed by atoms with Crippen LogP contribution in [0.3, 0.4) is 0 Å². The number of carbonyl (C=O) groups is 2. The van der Waals surface area contributed by atoms with Crippen LogP contribution in [0.4, 0.5) is 8.78 Å². The normalized spacial score (nSPS) is 21.5. The average molecular weight is 513 g/mol. The lowest BCUT2D eigenvalue weighted by Crippen LogP contribution is -2.69. The summed E-state index contributed by atoms with van der Waals surface area (Å²) in [6.45, 7) is 3.59. The van der Waals surface area contributed by atoms with Crippen molar-refractivity contribution in [2.24, 2.45) is 5.92 Å². The Morgan fingerprint density at radius 1 is 1.23 bits per heavy atom. The van der Waals surface area contributed by atoms with E-state index in [0.717, 1.165) is 5.56 Å². The first-order valence-corrected chi connectivity index (χ1v) is 11.2. The highest BCUT2D eigenvalue weighted by molar-refractivity contribution is 6.30. The van der Waals surface area contributed by atoms with Gasteiger partial charge in [0.25, 0.3) is 0 Å². The Kier molecular flexibility index (Phi) is 8.65. The average Bonchev–Trinajstić information content (AvgIpc) is 3.15. The van der Waals surface area contributed by atoms with Crippen LogP contribution in [-0.4, -0.2) is 55.1 Å². The Labute approximate surface area is 206 Å². The van der Waals surface area contributed by atoms with Crippen molar-refractivity contribution in [3.63, 3.8) is 0 Å². The van der Waals surface area contributed by atoms with E-state index in [1.165, 1.54) is 24.1 Å². The highest BCUT2D eigenvalue weighted by Crippen LogP contribution is 2.42. The number of fused-ring (bicyclic) bond motifs is 1. The summed E-state index contributed by atoms with van der Waals surface area (Å²) in [5.74, 6) is -0.570. The molecule has 0 bridgehead atoms. The Hall–Kier alpha value is -2.79. The number of hydrogen-bond acceptors (Lipinski definition) is 7. The van der Waals surface area contributed by atoms with Crippen molar-refractivity contribution in [3.8, 4) is 11.5 Å². The van der Waals surface area contributed by atoms with Crippen molar-refractivity contribution < 1.29 is 37.7 Å². The third-order valence-corrected chi connectivity index (χ3v) is 6.24. The molecule has 4 atom stereocenters. The summed E-state index contributed by atoms with van der Waals surface area (Å²) < 4.78 is 41.0. The molecular weight excluding hydrogens is 486 g/mol. The fourth-order valence-corrected chi connectivity index (χ4v) is 4.49. The minimum absolute atomic E-state index is 0.0416. The van der Waals surface area contributed by atoms with Crippen LogP contribution in [0.1, 0.15) is 30.5 Å². The number of aryl methyl sites for hydroxylation is 1. The highest BCUT2D eigenvalue weighted by Gasteiger charge is 2.50. The van der Waals surface area contributed by atoms with Crippen LogP contribution >= 0.6 is 11.6 Å². The maximum absolute atomic E-state index is 13.3. The number of alkyl halides is 2. The maximum atomic E-state index is 13.3. The summed E-state index contributed by atoms with van der Waals surface area (Å²) in [6, 6.07) is 11.2. The SMILES string of the molecule is C=O.COC(NC(C)c1ccc2c(c1)OC(F)(F)O2)N1C(=O)[C@H](CCc2cccc(Cl)c2)C1CO. The molecule has 1 amide bonds. The molecule has 190 valence electrons. The number of nitrogens with zero attached hydrogens (tertiary/aromatic N) is 1. The molecule has 0 radical (unpaired) electrons. The Balaban J connectivity index is 0.00000167. The van der Waals surface area contributed by atoms with Crippen LogP contribution in [0.15, 0.2) is 42.5 Å². The fourth-order valence-electron chi connectivity index (χ4n) is 4.27. The van der Waals surface area contributed by atoms with Gasteiger partial charge < -0.3 is 24.1 Å². The number of amides is 1. The molecule has 0 aromatic heterocycles. The van der Waals surface area contributed by atoms with E-state index >= 15 is 0 Å². The van der Waals surface area contributed by atoms with E-state index < -0.39 is 18.7 Å². The molecule has 0 saturated carbocycles. The van der Waals surface area contributed by atoms with E-state index in [9.17, 15) is 18.7 Å². The number of nitrogens with one attached hydrogen (secondary N) is 1. The predicted molar refractivity (Wildman–Crippen MR) is 123 cm³/mol. The largest absolute Gasteiger partial charge is 0.586 e. The zero-order valence-corrected chi connectivity index (χ0v) is 20.0. The molecule has 2 aromatic carbocycles. The van der Waals surface area contributed by atoms with Gasteiger partial charge in [-0.3, -0.25) is 15.0 Å². The van der Waals surface area contributed by atoms with Crippen LogP contribution < -0.4 is 14.8 Å². The van der Waals surface area contributed by atoms with Crippen LogP contribution in [0.25, 0.3) is 0 Å². The first-order valence-electron chi connectivity index (χ1n) is 10.9. The number of ether oxygens (including phenoxy) is 3. The topological polar surface area (TPSA) is 97.3 Å². The number of aliphatic hydroxyl groups is 1. The lowest BCUT2D eigenvalue weighted by atomic mass is 9.83. The molecule has 2 aliphatic rings. The number of likely N-dealkylation sites (tertiary alicyclic amines) is 1. The van der Waals surface area contributed by atoms with Gasteiger partial charge in [-0.2, -0.15) is 0 Å². The Morgan fingerprint density at radius 3 is 2.60 bits per heavy atom. The molecule has 0 aliphatic carbocycles. The van der Waals surface area contributed by atoms with E-state index in [1.54, 1.807) is 19.1 Å². The number of β-lactam (4-membered cyclic amide) rings is 1. The van der Waals surface area contributed by atoms with Gasteiger partial charge in [-0.25, -0.2) is 0 Å². The molecule has 2 heterocycles. The maximum Gasteiger partial charge on any atom is 0.586 e. The molecule has 2 aromatic rings. The van der Waals surface area contributed by atoms with Crippen LogP contribution in [0, 0.1) is 5.92 Å². The number of hydrogen-bond donors (Lipinski definition) is 2. The van der Waals surface area contributed by atoms with Gasteiger partial charge in [0, 0.05) is 18.2 Å². The van der Waals surface area contributed by atoms with E-state index in [1.807, 2.05) is 25.0 Å². The third-order valence-electron chi connectivity index (χ3n) is 6.01. The minimum atomic E-state index is -3.69. The molecule has 3 unspecified atom stereocenters. The molecule has 11 heteroatoms. The van der Waals surface area contributed by atoms with Gasteiger partial charge in [0.1, 0.15) is 6.79 Å². The highest BCUT2D eigenvalue weighted by atomic mass is 35.5. The van der Waals surface area contributed by atoms with Crippen molar-refractivity contribution in [1.82, 2.24) is 10.2 Å². The number of methoxy groups -OCH3 is 1. The van der Waals surface area contributed by atoms with Gasteiger partial charge >= 0.3 is 6.29 Å². The van der Waals surface area contributed by atoms with Gasteiger partial charge in [0.05, 0.1) is 18.6 Å². The van der Waals surface area contributed by atoms with Crippen molar-refractivity contribution in [2.45, 2.75) is 44.5 Å². The van der Waals surface area contributed by atoms with E-state index in [4.69, 9.17) is 21.1 Å². The summed E-state index contributed by atoms with van der Waals surface area (Å²) in [5.41, 5.74) is 1.66. The van der Waals surface area contributed by atoms with Crippen LogP contribution in [-0.2, 0) is 20.7 Å². The van der Waals surface area contributed by atoms with Gasteiger partial charge in [-0.15, -0.1) is 8.78 Å². The summed E-state index contributed by atoms with van der Waals surface area (Å²) in [5, 5.41) is 13.7. The molecule has 35 heavy (non-hydrogen) atoms. The monoisotopic (exact) mass is 512 g/mol. The van der Waals surface area contributed by atoms with Crippen molar-refractivity contribution in [1.29, 1.82) is 0 Å². The number of benzene rings is 2. The van der Waals surface area contributed by atoms with E-state index in [-0.39, 0.29) is 36.0 Å². The van der Waals surface area contributed by atoms with Gasteiger partial charge in [0.2, 0.25) is 5.91 Å². The van der Waals surface area contributed by atoms with Crippen LogP contribution in [0.5, 0.6) is 11.5 Å². The number of halogens is 3. The molecule has 4 rings (SSSR count). The lowest BCUT2D eigenvalue weighted by molar-refractivity contribution is -0.286. The van der Waals surface area contributed by atoms with Crippen molar-refractivity contribution in [3.05, 3.63) is 58.6 Å². The lowest BCUT2D eigenvalue weighted by Gasteiger charge is -2.50. The first-order chi connectivity index (χ1) is 16.7. The third kappa shape index (κ3) is 5.90. The zero-order chi connectivity index (χ0) is 25.8. The predicted octanol–water partition coefficient (Wildman–Crippen LogP) is 3.51. The van der Waals surface area contributed by atoms with Gasteiger partial charge in [-0.1, -0.05) is 29.8 Å². The van der Waals surface area contributed by atoms with Crippen LogP contribution in [0.2, 0.25) is 5.02 Å². The van der Waals surface area contributed by atoms with Crippen molar-refractivity contribution in [2.75, 3.05) is 13.7 Å². The standard InChI is InChI=1S/C23H25ClF2N2O5.CH2O/c1-13(15-7-9-19-20(11-15)33-23(25,26)32-19)27-22(31-2)28-18(12-29)17(21(28)30)8-6-14-4-3-5-16(24)10-14;1-2/h3-5,7,9-11,13,17-18,22,27,29H,6,8,12H2,1-2H3;1H2/t13?,17-,18?,22?;/m1./s1. The number of aliphatic hydroxyl groups excluding tert-OH is 1. The molecule has 1 fully saturated rings. The molecule has 8 nitrogen and oxygen atoms in total. The molecular formula is C24H27ClF2N2O6. The van der Waals surface area contributed by atoms with Gasteiger partial charge in [-0.05, 0) is 55.2 Å². The fraction of sp³-hybridized carbons (Fsp3) is 0.417. The molecule has 1 saturated heterocycles. The number of rotatable bonds is 9. The second kappa shape index (κ2) is 11.3. The minimum Gasteiger partial charge on any atom is -0.395 e. The second-order valence-electron chi connectivity index (χ2n) is 8.12. The Morgan fingerprint density at radius 2 is 1.94 bits per heavy atom. The summed E-state index contributed by atoms with van der Waals surface area (Å²) in [6.07, 6.45) is -3.27. The van der Waals surface area contributed by atoms with E-state index in [0.29, 0.717) is 23.4 Å². The first kappa shape index (κ1) is 26.8. The smallest absolute Gasteiger partial charge is 0.395 e. The Bertz CT molecular complexity index is 1040. The molecule has 2 aliphatic heterocycles. The summed E-state index contributed by atoms with van der Waals surface area (Å²) in [7, 11) is 1.45. The quantitative estimate of drug-likeness (QED) is 0.392. The van der Waals surface area contributed by atoms with Crippen molar-refractivity contribution >= 4 is 24.3 Å². The van der Waals surface area contributed by atoms with Gasteiger partial charge in [0.15, 0.2) is 17.9 Å². The van der Waals surface area contributed by atoms with E-state index in [2.05, 4.69) is 14.8 Å². The summed E-state index contributed by atoms with van der Waals surface area (Å²) in [4.78, 5) is 22.4. The number of carbonyl (C=O) groups excluding carboxylic acids is 2.